The molecular formula is C16H21N5. The molecule has 1 aliphatic rings. The van der Waals surface area contributed by atoms with Gasteiger partial charge in [-0.2, -0.15) is 5.10 Å². The van der Waals surface area contributed by atoms with Crippen LogP contribution < -0.4 is 16.0 Å². The Morgan fingerprint density at radius 3 is 2.90 bits per heavy atom. The van der Waals surface area contributed by atoms with Crippen LogP contribution in [0.15, 0.2) is 42.6 Å². The molecule has 0 spiro atoms. The summed E-state index contributed by atoms with van der Waals surface area (Å²) in [5.41, 5.74) is 8.37. The van der Waals surface area contributed by atoms with Gasteiger partial charge >= 0.3 is 0 Å². The Balaban J connectivity index is 1.56. The monoisotopic (exact) mass is 283 g/mol. The van der Waals surface area contributed by atoms with E-state index >= 15 is 0 Å². The van der Waals surface area contributed by atoms with E-state index in [1.807, 2.05) is 6.07 Å². The lowest BCUT2D eigenvalue weighted by Gasteiger charge is -2.18. The van der Waals surface area contributed by atoms with Gasteiger partial charge in [-0.05, 0) is 18.4 Å². The number of aromatic nitrogens is 2. The molecule has 1 fully saturated rings. The Labute approximate surface area is 125 Å². The highest BCUT2D eigenvalue weighted by molar-refractivity contribution is 5.53. The van der Waals surface area contributed by atoms with Crippen LogP contribution in [0, 0.1) is 0 Å². The lowest BCUT2D eigenvalue weighted by atomic mass is 10.1. The van der Waals surface area contributed by atoms with Crippen molar-refractivity contribution in [2.24, 2.45) is 5.73 Å². The molecule has 1 saturated heterocycles. The van der Waals surface area contributed by atoms with E-state index in [0.29, 0.717) is 0 Å². The number of rotatable bonds is 5. The highest BCUT2D eigenvalue weighted by Crippen LogP contribution is 2.20. The van der Waals surface area contributed by atoms with Gasteiger partial charge in [0, 0.05) is 31.7 Å². The summed E-state index contributed by atoms with van der Waals surface area (Å²) < 4.78 is 0. The zero-order chi connectivity index (χ0) is 14.5. The first-order valence-corrected chi connectivity index (χ1v) is 7.42. The molecule has 3 rings (SSSR count). The quantitative estimate of drug-likeness (QED) is 0.873. The second kappa shape index (κ2) is 6.54. The zero-order valence-corrected chi connectivity index (χ0v) is 12.1. The third-order valence-electron chi connectivity index (χ3n) is 3.79. The Morgan fingerprint density at radius 1 is 1.29 bits per heavy atom. The molecule has 0 aliphatic carbocycles. The topological polar surface area (TPSA) is 67.1 Å². The van der Waals surface area contributed by atoms with Crippen LogP contribution in [0.3, 0.4) is 0 Å². The summed E-state index contributed by atoms with van der Waals surface area (Å²) in [6.07, 6.45) is 3.82. The van der Waals surface area contributed by atoms with Crippen molar-refractivity contribution in [3.8, 4) is 0 Å². The van der Waals surface area contributed by atoms with Gasteiger partial charge < -0.3 is 16.0 Å². The van der Waals surface area contributed by atoms with Crippen molar-refractivity contribution in [3.63, 3.8) is 0 Å². The fourth-order valence-corrected chi connectivity index (χ4v) is 2.62. The smallest absolute Gasteiger partial charge is 0.150 e. The van der Waals surface area contributed by atoms with Gasteiger partial charge in [0.15, 0.2) is 5.82 Å². The van der Waals surface area contributed by atoms with E-state index in [-0.39, 0.29) is 6.04 Å². The zero-order valence-electron chi connectivity index (χ0n) is 12.1. The van der Waals surface area contributed by atoms with Crippen molar-refractivity contribution in [2.75, 3.05) is 29.9 Å². The van der Waals surface area contributed by atoms with Crippen LogP contribution >= 0.6 is 0 Å². The average Bonchev–Trinajstić information content (AvgIpc) is 2.95. The molecule has 3 N–H and O–H groups in total. The Bertz CT molecular complexity index is 572. The minimum atomic E-state index is 0.271. The summed E-state index contributed by atoms with van der Waals surface area (Å²) in [6, 6.07) is 12.7. The number of nitrogens with zero attached hydrogens (tertiary/aromatic N) is 3. The molecular weight excluding hydrogens is 262 g/mol. The summed E-state index contributed by atoms with van der Waals surface area (Å²) in [7, 11) is 0. The summed E-state index contributed by atoms with van der Waals surface area (Å²) in [6.45, 7) is 2.74. The highest BCUT2D eigenvalue weighted by Gasteiger charge is 2.19. The number of nitrogens with one attached hydrogen (secondary N) is 1. The number of hydrogen-bond acceptors (Lipinski definition) is 5. The third kappa shape index (κ3) is 3.70. The lowest BCUT2D eigenvalue weighted by molar-refractivity contribution is 0.752. The van der Waals surface area contributed by atoms with Crippen LogP contribution in [0.25, 0.3) is 0 Å². The maximum Gasteiger partial charge on any atom is 0.150 e. The molecule has 0 bridgehead atoms. The molecule has 1 aliphatic heterocycles. The Morgan fingerprint density at radius 2 is 2.14 bits per heavy atom. The Hall–Kier alpha value is -2.14. The fraction of sp³-hybridized carbons (Fsp3) is 0.375. The molecule has 0 amide bonds. The molecule has 110 valence electrons. The van der Waals surface area contributed by atoms with Gasteiger partial charge in [-0.25, -0.2) is 0 Å². The molecule has 0 radical (unpaired) electrons. The molecule has 2 heterocycles. The van der Waals surface area contributed by atoms with E-state index in [0.717, 1.165) is 44.0 Å². The molecule has 1 unspecified atom stereocenters. The van der Waals surface area contributed by atoms with Crippen molar-refractivity contribution < 1.29 is 0 Å². The van der Waals surface area contributed by atoms with Crippen molar-refractivity contribution in [2.45, 2.75) is 18.9 Å². The molecule has 0 saturated carbocycles. The van der Waals surface area contributed by atoms with Gasteiger partial charge in [0.1, 0.15) is 0 Å². The molecule has 1 atom stereocenters. The second-order valence-corrected chi connectivity index (χ2v) is 5.46. The van der Waals surface area contributed by atoms with Gasteiger partial charge in [0.05, 0.1) is 11.9 Å². The first-order valence-electron chi connectivity index (χ1n) is 7.42. The lowest BCUT2D eigenvalue weighted by Crippen LogP contribution is -2.26. The maximum absolute atomic E-state index is 5.95. The van der Waals surface area contributed by atoms with Gasteiger partial charge in [-0.15, -0.1) is 5.10 Å². The van der Waals surface area contributed by atoms with Crippen molar-refractivity contribution in [1.82, 2.24) is 10.2 Å². The maximum atomic E-state index is 5.95. The largest absolute Gasteiger partial charge is 0.369 e. The molecule has 1 aromatic carbocycles. The average molecular weight is 283 g/mol. The molecule has 2 aromatic rings. The number of anilines is 2. The van der Waals surface area contributed by atoms with E-state index in [1.54, 1.807) is 6.20 Å². The van der Waals surface area contributed by atoms with E-state index in [4.69, 9.17) is 5.73 Å². The number of nitrogens with two attached hydrogens (primary N) is 1. The van der Waals surface area contributed by atoms with Crippen LogP contribution in [0.1, 0.15) is 12.0 Å². The van der Waals surface area contributed by atoms with Crippen molar-refractivity contribution in [3.05, 3.63) is 48.2 Å². The Kier molecular flexibility index (Phi) is 4.31. The molecule has 1 aromatic heterocycles. The van der Waals surface area contributed by atoms with Crippen LogP contribution in [0.5, 0.6) is 0 Å². The molecule has 5 heteroatoms. The predicted octanol–water partition coefficient (Wildman–Crippen LogP) is 1.67. The van der Waals surface area contributed by atoms with Crippen molar-refractivity contribution >= 4 is 11.5 Å². The normalized spacial score (nSPS) is 18.0. The predicted molar refractivity (Wildman–Crippen MR) is 85.5 cm³/mol. The van der Waals surface area contributed by atoms with Crippen LogP contribution in [0.2, 0.25) is 0 Å². The van der Waals surface area contributed by atoms with Gasteiger partial charge in [0.2, 0.25) is 0 Å². The molecule has 5 nitrogen and oxygen atoms in total. The first kappa shape index (κ1) is 13.8. The number of benzene rings is 1. The van der Waals surface area contributed by atoms with E-state index in [2.05, 4.69) is 50.7 Å². The van der Waals surface area contributed by atoms with Gasteiger partial charge in [-0.3, -0.25) is 0 Å². The highest BCUT2D eigenvalue weighted by atomic mass is 15.2. The standard InChI is InChI=1S/C16H21N5/c17-14-7-9-21(12-14)15-10-16(20-19-11-15)18-8-6-13-4-2-1-3-5-13/h1-5,10-11,14H,6-9,12,17H2,(H,18,20). The van der Waals surface area contributed by atoms with Crippen LogP contribution in [0.4, 0.5) is 11.5 Å². The van der Waals surface area contributed by atoms with Crippen molar-refractivity contribution in [1.29, 1.82) is 0 Å². The summed E-state index contributed by atoms with van der Waals surface area (Å²) in [5, 5.41) is 11.6. The van der Waals surface area contributed by atoms with E-state index in [9.17, 15) is 0 Å². The fourth-order valence-electron chi connectivity index (χ4n) is 2.62. The van der Waals surface area contributed by atoms with Gasteiger partial charge in [-0.1, -0.05) is 30.3 Å². The minimum Gasteiger partial charge on any atom is -0.369 e. The van der Waals surface area contributed by atoms with E-state index in [1.165, 1.54) is 5.56 Å². The van der Waals surface area contributed by atoms with Crippen LogP contribution in [-0.2, 0) is 6.42 Å². The summed E-state index contributed by atoms with van der Waals surface area (Å²) >= 11 is 0. The van der Waals surface area contributed by atoms with E-state index < -0.39 is 0 Å². The second-order valence-electron chi connectivity index (χ2n) is 5.46. The number of hydrogen-bond donors (Lipinski definition) is 2. The SMILES string of the molecule is NC1CCN(c2cnnc(NCCc3ccccc3)c2)C1. The molecule has 21 heavy (non-hydrogen) atoms. The van der Waals surface area contributed by atoms with Crippen LogP contribution in [-0.4, -0.2) is 35.9 Å². The third-order valence-corrected chi connectivity index (χ3v) is 3.79. The minimum absolute atomic E-state index is 0.271. The van der Waals surface area contributed by atoms with Gasteiger partial charge in [0.25, 0.3) is 0 Å². The summed E-state index contributed by atoms with van der Waals surface area (Å²) in [4.78, 5) is 2.27. The first-order chi connectivity index (χ1) is 10.3. The summed E-state index contributed by atoms with van der Waals surface area (Å²) in [5.74, 6) is 0.823.